The van der Waals surface area contributed by atoms with E-state index in [2.05, 4.69) is 26.6 Å². The van der Waals surface area contributed by atoms with Crippen molar-refractivity contribution in [3.63, 3.8) is 0 Å². The Balaban J connectivity index is 3.44. The molecule has 0 saturated carbocycles. The number of hydrogen-bond acceptors (Lipinski definition) is 1. The van der Waals surface area contributed by atoms with Crippen molar-refractivity contribution in [1.29, 1.82) is 0 Å². The standard InChI is InChI=1S/C9H22OSi/c1-5-6-7-8-9(10)11(2,3)4/h9-10H,5-8H2,1-4H3. The van der Waals surface area contributed by atoms with E-state index in [-0.39, 0.29) is 5.73 Å². The maximum atomic E-state index is 9.67. The SMILES string of the molecule is CCCCCC(O)[Si](C)(C)C. The van der Waals surface area contributed by atoms with Crippen LogP contribution in [-0.4, -0.2) is 18.9 Å². The normalized spacial score (nSPS) is 15.0. The molecule has 0 radical (unpaired) electrons. The molecule has 0 aromatic heterocycles. The van der Waals surface area contributed by atoms with Crippen molar-refractivity contribution in [3.05, 3.63) is 0 Å². The summed E-state index contributed by atoms with van der Waals surface area (Å²) in [5, 5.41) is 9.67. The fourth-order valence-corrected chi connectivity index (χ4v) is 2.09. The molecule has 11 heavy (non-hydrogen) atoms. The molecular formula is C9H22OSi. The summed E-state index contributed by atoms with van der Waals surface area (Å²) in [6.07, 6.45) is 4.73. The van der Waals surface area contributed by atoms with Gasteiger partial charge in [0.1, 0.15) is 0 Å². The lowest BCUT2D eigenvalue weighted by atomic mass is 10.2. The summed E-state index contributed by atoms with van der Waals surface area (Å²) in [6, 6.07) is 0. The van der Waals surface area contributed by atoms with Gasteiger partial charge in [0.2, 0.25) is 0 Å². The first-order valence-electron chi connectivity index (χ1n) is 4.66. The summed E-state index contributed by atoms with van der Waals surface area (Å²) >= 11 is 0. The van der Waals surface area contributed by atoms with Crippen molar-refractivity contribution in [3.8, 4) is 0 Å². The third-order valence-corrected chi connectivity index (χ3v) is 4.37. The van der Waals surface area contributed by atoms with E-state index < -0.39 is 8.07 Å². The molecule has 68 valence electrons. The molecule has 0 heterocycles. The zero-order valence-electron chi connectivity index (χ0n) is 8.35. The van der Waals surface area contributed by atoms with E-state index in [4.69, 9.17) is 0 Å². The smallest absolute Gasteiger partial charge is 0.0781 e. The summed E-state index contributed by atoms with van der Waals surface area (Å²) in [5.74, 6) is 0. The predicted octanol–water partition coefficient (Wildman–Crippen LogP) is 2.81. The molecule has 0 aliphatic heterocycles. The van der Waals surface area contributed by atoms with Crippen molar-refractivity contribution in [2.24, 2.45) is 0 Å². The monoisotopic (exact) mass is 174 g/mol. The Hall–Kier alpha value is 0.177. The Bertz CT molecular complexity index is 96.2. The summed E-state index contributed by atoms with van der Waals surface area (Å²) in [4.78, 5) is 0. The maximum Gasteiger partial charge on any atom is 0.0781 e. The van der Waals surface area contributed by atoms with Gasteiger partial charge in [-0.2, -0.15) is 0 Å². The van der Waals surface area contributed by atoms with Crippen LogP contribution in [0.2, 0.25) is 19.6 Å². The number of hydrogen-bond donors (Lipinski definition) is 1. The Morgan fingerprint density at radius 3 is 2.09 bits per heavy atom. The number of aliphatic hydroxyl groups excluding tert-OH is 1. The van der Waals surface area contributed by atoms with Gasteiger partial charge in [-0.05, 0) is 6.42 Å². The predicted molar refractivity (Wildman–Crippen MR) is 53.5 cm³/mol. The molecule has 1 unspecified atom stereocenters. The highest BCUT2D eigenvalue weighted by atomic mass is 28.3. The lowest BCUT2D eigenvalue weighted by Gasteiger charge is -2.23. The van der Waals surface area contributed by atoms with Gasteiger partial charge in [0.15, 0.2) is 0 Å². The minimum atomic E-state index is -1.26. The Kier molecular flexibility index (Phi) is 5.02. The van der Waals surface area contributed by atoms with Crippen LogP contribution in [0.5, 0.6) is 0 Å². The van der Waals surface area contributed by atoms with Crippen molar-refractivity contribution < 1.29 is 5.11 Å². The largest absolute Gasteiger partial charge is 0.397 e. The molecule has 1 N–H and O–H groups in total. The molecular weight excluding hydrogens is 152 g/mol. The Labute approximate surface area is 71.8 Å². The lowest BCUT2D eigenvalue weighted by molar-refractivity contribution is 0.228. The fourth-order valence-electron chi connectivity index (χ4n) is 1.02. The van der Waals surface area contributed by atoms with E-state index in [0.717, 1.165) is 6.42 Å². The van der Waals surface area contributed by atoms with Crippen LogP contribution >= 0.6 is 0 Å². The number of rotatable bonds is 5. The lowest BCUT2D eigenvalue weighted by Crippen LogP contribution is -2.37. The van der Waals surface area contributed by atoms with Crippen molar-refractivity contribution in [2.45, 2.75) is 58.0 Å². The quantitative estimate of drug-likeness (QED) is 0.502. The van der Waals surface area contributed by atoms with E-state index >= 15 is 0 Å². The Morgan fingerprint density at radius 2 is 1.73 bits per heavy atom. The first-order chi connectivity index (χ1) is 4.98. The van der Waals surface area contributed by atoms with Crippen LogP contribution in [0.15, 0.2) is 0 Å². The molecule has 0 rings (SSSR count). The summed E-state index contributed by atoms with van der Waals surface area (Å²) in [7, 11) is -1.26. The van der Waals surface area contributed by atoms with Gasteiger partial charge in [0, 0.05) is 5.73 Å². The maximum absolute atomic E-state index is 9.67. The van der Waals surface area contributed by atoms with Gasteiger partial charge in [0.05, 0.1) is 8.07 Å². The first kappa shape index (κ1) is 11.2. The third-order valence-electron chi connectivity index (χ3n) is 2.08. The molecule has 0 aliphatic carbocycles. The topological polar surface area (TPSA) is 20.2 Å². The van der Waals surface area contributed by atoms with E-state index in [1.165, 1.54) is 19.3 Å². The minimum absolute atomic E-state index is 0.00838. The average molecular weight is 174 g/mol. The van der Waals surface area contributed by atoms with Crippen LogP contribution in [-0.2, 0) is 0 Å². The minimum Gasteiger partial charge on any atom is -0.397 e. The zero-order valence-corrected chi connectivity index (χ0v) is 9.35. The second kappa shape index (κ2) is 4.94. The van der Waals surface area contributed by atoms with Gasteiger partial charge in [-0.1, -0.05) is 45.8 Å². The molecule has 0 spiro atoms. The molecule has 1 atom stereocenters. The second-order valence-corrected chi connectivity index (χ2v) is 9.78. The van der Waals surface area contributed by atoms with Gasteiger partial charge < -0.3 is 5.11 Å². The molecule has 0 aliphatic rings. The molecule has 0 aromatic rings. The molecule has 0 amide bonds. The van der Waals surface area contributed by atoms with Crippen LogP contribution in [0.3, 0.4) is 0 Å². The summed E-state index contributed by atoms with van der Waals surface area (Å²) in [5.41, 5.74) is 0.00838. The average Bonchev–Trinajstić information content (AvgIpc) is 1.86. The van der Waals surface area contributed by atoms with Gasteiger partial charge in [-0.3, -0.25) is 0 Å². The van der Waals surface area contributed by atoms with Crippen molar-refractivity contribution in [1.82, 2.24) is 0 Å². The Morgan fingerprint density at radius 1 is 1.18 bits per heavy atom. The fraction of sp³-hybridized carbons (Fsp3) is 1.00. The second-order valence-electron chi connectivity index (χ2n) is 4.38. The number of aliphatic hydroxyl groups is 1. The molecule has 2 heteroatoms. The van der Waals surface area contributed by atoms with E-state index in [1.54, 1.807) is 0 Å². The van der Waals surface area contributed by atoms with Crippen molar-refractivity contribution in [2.75, 3.05) is 0 Å². The summed E-state index contributed by atoms with van der Waals surface area (Å²) in [6.45, 7) is 8.87. The van der Waals surface area contributed by atoms with Gasteiger partial charge >= 0.3 is 0 Å². The number of unbranched alkanes of at least 4 members (excludes halogenated alkanes) is 2. The van der Waals surface area contributed by atoms with Crippen LogP contribution in [0.25, 0.3) is 0 Å². The third kappa shape index (κ3) is 5.45. The van der Waals surface area contributed by atoms with E-state index in [0.29, 0.717) is 0 Å². The highest BCUT2D eigenvalue weighted by Crippen LogP contribution is 2.13. The van der Waals surface area contributed by atoms with Crippen molar-refractivity contribution >= 4 is 8.07 Å². The van der Waals surface area contributed by atoms with Crippen LogP contribution < -0.4 is 0 Å². The summed E-state index contributed by atoms with van der Waals surface area (Å²) < 4.78 is 0. The van der Waals surface area contributed by atoms with Crippen LogP contribution in [0.4, 0.5) is 0 Å². The van der Waals surface area contributed by atoms with Crippen LogP contribution in [0, 0.1) is 0 Å². The molecule has 0 fully saturated rings. The highest BCUT2D eigenvalue weighted by Gasteiger charge is 2.23. The van der Waals surface area contributed by atoms with E-state index in [1.807, 2.05) is 0 Å². The highest BCUT2D eigenvalue weighted by molar-refractivity contribution is 6.77. The van der Waals surface area contributed by atoms with Gasteiger partial charge in [-0.25, -0.2) is 0 Å². The first-order valence-corrected chi connectivity index (χ1v) is 8.24. The molecule has 0 aromatic carbocycles. The molecule has 0 bridgehead atoms. The van der Waals surface area contributed by atoms with Gasteiger partial charge in [-0.15, -0.1) is 0 Å². The zero-order chi connectivity index (χ0) is 8.91. The van der Waals surface area contributed by atoms with E-state index in [9.17, 15) is 5.11 Å². The van der Waals surface area contributed by atoms with Crippen LogP contribution in [0.1, 0.15) is 32.6 Å². The molecule has 1 nitrogen and oxygen atoms in total. The molecule has 0 saturated heterocycles. The van der Waals surface area contributed by atoms with Gasteiger partial charge in [0.25, 0.3) is 0 Å².